The first kappa shape index (κ1) is 29.5. The van der Waals surface area contributed by atoms with Crippen molar-refractivity contribution in [2.75, 3.05) is 31.1 Å². The van der Waals surface area contributed by atoms with E-state index in [1.165, 1.54) is 0 Å². The molecular weight excluding hydrogens is 518 g/mol. The maximum atomic E-state index is 14.6. The Kier molecular flexibility index (Phi) is 8.71. The normalized spacial score (nSPS) is 30.7. The quantitative estimate of drug-likeness (QED) is 0.387. The van der Waals surface area contributed by atoms with Gasteiger partial charge in [0.1, 0.15) is 11.6 Å². The molecule has 0 radical (unpaired) electrons. The lowest BCUT2D eigenvalue weighted by Crippen LogP contribution is -2.58. The molecule has 1 aliphatic carbocycles. The van der Waals surface area contributed by atoms with Crippen LogP contribution in [0, 0.1) is 11.8 Å². The number of nitrogens with zero attached hydrogens (tertiary/aromatic N) is 3. The lowest BCUT2D eigenvalue weighted by atomic mass is 9.64. The van der Waals surface area contributed by atoms with Crippen molar-refractivity contribution in [2.45, 2.75) is 88.0 Å². The molecule has 3 heterocycles. The van der Waals surface area contributed by atoms with Gasteiger partial charge in [0.15, 0.2) is 0 Å². The molecule has 0 aromatic heterocycles. The highest BCUT2D eigenvalue weighted by Gasteiger charge is 2.79. The Bertz CT molecular complexity index is 1150. The summed E-state index contributed by atoms with van der Waals surface area (Å²) in [5, 5.41) is 9.70. The molecule has 4 aliphatic rings. The van der Waals surface area contributed by atoms with Gasteiger partial charge in [0.05, 0.1) is 17.4 Å². The number of aliphatic hydroxyl groups is 1. The van der Waals surface area contributed by atoms with Crippen molar-refractivity contribution in [1.29, 1.82) is 0 Å². The Morgan fingerprint density at radius 3 is 2.41 bits per heavy atom. The molecule has 1 N–H and O–H groups in total. The first-order valence-corrected chi connectivity index (χ1v) is 15.4. The van der Waals surface area contributed by atoms with Crippen LogP contribution in [-0.2, 0) is 19.1 Å². The number of hydrogen-bond donors (Lipinski definition) is 1. The second-order valence-corrected chi connectivity index (χ2v) is 12.1. The van der Waals surface area contributed by atoms with E-state index in [9.17, 15) is 19.5 Å². The molecule has 3 aliphatic heterocycles. The number of amides is 3. The van der Waals surface area contributed by atoms with Crippen molar-refractivity contribution >= 4 is 23.4 Å². The molecule has 1 aromatic carbocycles. The first-order chi connectivity index (χ1) is 19.9. The van der Waals surface area contributed by atoms with Crippen molar-refractivity contribution in [3.8, 4) is 0 Å². The number of para-hydroxylation sites is 1. The predicted molar refractivity (Wildman–Crippen MR) is 158 cm³/mol. The molecule has 41 heavy (non-hydrogen) atoms. The molecule has 4 fully saturated rings. The van der Waals surface area contributed by atoms with Gasteiger partial charge in [0, 0.05) is 38.0 Å². The zero-order chi connectivity index (χ0) is 29.2. The summed E-state index contributed by atoms with van der Waals surface area (Å²) in [4.78, 5) is 48.8. The van der Waals surface area contributed by atoms with Gasteiger partial charge in [0.2, 0.25) is 17.7 Å². The van der Waals surface area contributed by atoms with E-state index in [4.69, 9.17) is 4.74 Å². The molecule has 1 saturated carbocycles. The van der Waals surface area contributed by atoms with Crippen LogP contribution in [0.1, 0.15) is 64.7 Å². The Morgan fingerprint density at radius 1 is 1.07 bits per heavy atom. The number of fused-ring (bicyclic) bond motifs is 1. The van der Waals surface area contributed by atoms with Crippen LogP contribution in [0.3, 0.4) is 0 Å². The molecule has 5 rings (SSSR count). The van der Waals surface area contributed by atoms with Gasteiger partial charge < -0.3 is 24.5 Å². The number of aliphatic hydroxyl groups excluding tert-OH is 1. The summed E-state index contributed by atoms with van der Waals surface area (Å²) < 4.78 is 6.98. The van der Waals surface area contributed by atoms with Gasteiger partial charge in [-0.25, -0.2) is 0 Å². The van der Waals surface area contributed by atoms with Crippen molar-refractivity contribution in [2.24, 2.45) is 11.8 Å². The highest BCUT2D eigenvalue weighted by atomic mass is 16.5. The number of carbonyl (C=O) groups is 3. The van der Waals surface area contributed by atoms with Gasteiger partial charge in [-0.05, 0) is 50.7 Å². The largest absolute Gasteiger partial charge is 0.396 e. The molecule has 1 aromatic rings. The highest BCUT2D eigenvalue weighted by molar-refractivity contribution is 6.03. The first-order valence-electron chi connectivity index (χ1n) is 15.4. The fraction of sp³-hybridized carbons (Fsp3) is 0.606. The van der Waals surface area contributed by atoms with Crippen LogP contribution in [-0.4, -0.2) is 82.2 Å². The molecule has 3 saturated heterocycles. The molecule has 5 atom stereocenters. The van der Waals surface area contributed by atoms with E-state index in [2.05, 4.69) is 13.2 Å². The van der Waals surface area contributed by atoms with Crippen LogP contribution >= 0.6 is 0 Å². The average Bonchev–Trinajstić information content (AvgIpc) is 3.61. The van der Waals surface area contributed by atoms with Crippen LogP contribution in [0.25, 0.3) is 0 Å². The second-order valence-electron chi connectivity index (χ2n) is 12.1. The van der Waals surface area contributed by atoms with Crippen LogP contribution in [0.2, 0.25) is 0 Å². The molecule has 1 spiro atoms. The SMILES string of the molecule is C=CCN(C(=O)[C@@H]1[C@H]2C(=O)N(CCCO)C(C(=O)N(CC=C)C3CCCCC3)C23CC[C@@]1(CC)O3)c1ccccc1. The second kappa shape index (κ2) is 12.1. The molecule has 8 heteroatoms. The van der Waals surface area contributed by atoms with E-state index in [0.29, 0.717) is 38.8 Å². The van der Waals surface area contributed by atoms with Gasteiger partial charge in [0.25, 0.3) is 0 Å². The number of likely N-dealkylation sites (tertiary alicyclic amines) is 1. The molecule has 2 unspecified atom stereocenters. The van der Waals surface area contributed by atoms with Crippen molar-refractivity contribution < 1.29 is 24.2 Å². The van der Waals surface area contributed by atoms with Crippen molar-refractivity contribution in [3.63, 3.8) is 0 Å². The lowest BCUT2D eigenvalue weighted by Gasteiger charge is -2.40. The van der Waals surface area contributed by atoms with Crippen molar-refractivity contribution in [1.82, 2.24) is 9.80 Å². The Balaban J connectivity index is 1.57. The minimum atomic E-state index is -1.08. The fourth-order valence-electron chi connectivity index (χ4n) is 8.19. The van der Waals surface area contributed by atoms with Gasteiger partial charge in [-0.2, -0.15) is 0 Å². The maximum Gasteiger partial charge on any atom is 0.248 e. The monoisotopic (exact) mass is 563 g/mol. The van der Waals surface area contributed by atoms with Crippen LogP contribution in [0.5, 0.6) is 0 Å². The van der Waals surface area contributed by atoms with Crippen LogP contribution in [0.15, 0.2) is 55.6 Å². The minimum Gasteiger partial charge on any atom is -0.396 e. The molecule has 8 nitrogen and oxygen atoms in total. The van der Waals surface area contributed by atoms with Gasteiger partial charge in [-0.15, -0.1) is 13.2 Å². The Morgan fingerprint density at radius 2 is 1.78 bits per heavy atom. The fourth-order valence-corrected chi connectivity index (χ4v) is 8.19. The predicted octanol–water partition coefficient (Wildman–Crippen LogP) is 4.09. The third-order valence-corrected chi connectivity index (χ3v) is 10.0. The molecule has 222 valence electrons. The van der Waals surface area contributed by atoms with E-state index in [1.54, 1.807) is 22.0 Å². The molecular formula is C33H45N3O5. The van der Waals surface area contributed by atoms with Gasteiger partial charge in [-0.3, -0.25) is 14.4 Å². The van der Waals surface area contributed by atoms with E-state index >= 15 is 0 Å². The third kappa shape index (κ3) is 4.83. The number of ether oxygens (including phenoxy) is 1. The number of rotatable bonds is 12. The topological polar surface area (TPSA) is 90.4 Å². The Labute approximate surface area is 244 Å². The standard InChI is InChI=1S/C33H45N3O5/c1-4-20-34(24-14-9-7-10-15-24)29(38)26-27-30(39)36(22-13-23-37)28(33(27)19-18-32(26,6-3)41-33)31(40)35(21-5-2)25-16-11-8-12-17-25/h4-5,7,9-10,14-15,25-28,37H,1-2,6,8,11-13,16-23H2,3H3/t26-,27-,28?,32+,33?/m0/s1. The van der Waals surface area contributed by atoms with Gasteiger partial charge >= 0.3 is 0 Å². The van der Waals surface area contributed by atoms with Gasteiger partial charge in [-0.1, -0.05) is 56.5 Å². The molecule has 2 bridgehead atoms. The van der Waals surface area contributed by atoms with Crippen molar-refractivity contribution in [3.05, 3.63) is 55.6 Å². The van der Waals surface area contributed by atoms with Crippen LogP contribution < -0.4 is 4.90 Å². The summed E-state index contributed by atoms with van der Waals surface area (Å²) in [5.41, 5.74) is -1.16. The summed E-state index contributed by atoms with van der Waals surface area (Å²) in [6, 6.07) is 8.72. The number of anilines is 1. The van der Waals surface area contributed by atoms with E-state index in [1.807, 2.05) is 42.2 Å². The summed E-state index contributed by atoms with van der Waals surface area (Å²) in [5.74, 6) is -1.96. The number of hydrogen-bond acceptors (Lipinski definition) is 5. The summed E-state index contributed by atoms with van der Waals surface area (Å²) >= 11 is 0. The molecule has 3 amide bonds. The third-order valence-electron chi connectivity index (χ3n) is 10.0. The number of benzene rings is 1. The summed E-state index contributed by atoms with van der Waals surface area (Å²) in [6.07, 6.45) is 10.7. The lowest BCUT2D eigenvalue weighted by molar-refractivity contribution is -0.154. The zero-order valence-corrected chi connectivity index (χ0v) is 24.4. The Hall–Kier alpha value is -2.97. The summed E-state index contributed by atoms with van der Waals surface area (Å²) in [6.45, 7) is 10.7. The van der Waals surface area contributed by atoms with Crippen LogP contribution in [0.4, 0.5) is 5.69 Å². The highest BCUT2D eigenvalue weighted by Crippen LogP contribution is 2.64. The smallest absolute Gasteiger partial charge is 0.248 e. The maximum absolute atomic E-state index is 14.6. The number of carbonyl (C=O) groups excluding carboxylic acids is 3. The van der Waals surface area contributed by atoms with E-state index < -0.39 is 29.1 Å². The van der Waals surface area contributed by atoms with E-state index in [0.717, 1.165) is 37.8 Å². The van der Waals surface area contributed by atoms with E-state index in [-0.39, 0.29) is 36.9 Å². The minimum absolute atomic E-state index is 0.0927. The zero-order valence-electron chi connectivity index (χ0n) is 24.4. The summed E-state index contributed by atoms with van der Waals surface area (Å²) in [7, 11) is 0. The average molecular weight is 564 g/mol.